The fourth-order valence-electron chi connectivity index (χ4n) is 1.82. The van der Waals surface area contributed by atoms with Crippen molar-refractivity contribution < 1.29 is 29.3 Å². The average Bonchev–Trinajstić information content (AvgIpc) is 2.80. The summed E-state index contributed by atoms with van der Waals surface area (Å²) >= 11 is 0. The predicted molar refractivity (Wildman–Crippen MR) is 71.3 cm³/mol. The van der Waals surface area contributed by atoms with E-state index >= 15 is 0 Å². The van der Waals surface area contributed by atoms with Crippen LogP contribution in [0.5, 0.6) is 11.5 Å². The van der Waals surface area contributed by atoms with Crippen LogP contribution in [0.15, 0.2) is 28.7 Å². The largest absolute Gasteiger partial charge is 0.504 e. The third kappa shape index (κ3) is 2.97. The highest BCUT2D eigenvalue weighted by atomic mass is 16.4. The first-order valence-corrected chi connectivity index (χ1v) is 6.02. The second-order valence-corrected chi connectivity index (χ2v) is 4.34. The summed E-state index contributed by atoms with van der Waals surface area (Å²) < 4.78 is 5.21. The van der Waals surface area contributed by atoms with E-state index in [4.69, 9.17) is 9.52 Å². The minimum absolute atomic E-state index is 0.0273. The van der Waals surface area contributed by atoms with Crippen LogP contribution in [-0.2, 0) is 6.54 Å². The molecule has 1 heterocycles. The van der Waals surface area contributed by atoms with E-state index in [1.807, 2.05) is 0 Å². The van der Waals surface area contributed by atoms with Gasteiger partial charge in [-0.05, 0) is 25.1 Å². The van der Waals surface area contributed by atoms with Crippen molar-refractivity contribution in [1.29, 1.82) is 0 Å². The van der Waals surface area contributed by atoms with Crippen LogP contribution in [0, 0.1) is 6.92 Å². The molecule has 0 saturated carbocycles. The number of rotatable bonds is 4. The molecule has 2 rings (SSSR count). The quantitative estimate of drug-likeness (QED) is 0.635. The van der Waals surface area contributed by atoms with Crippen molar-refractivity contribution >= 4 is 11.9 Å². The van der Waals surface area contributed by atoms with Crippen LogP contribution in [0.1, 0.15) is 32.2 Å². The molecule has 1 aromatic carbocycles. The number of hydrogen-bond donors (Lipinski definition) is 4. The fourth-order valence-corrected chi connectivity index (χ4v) is 1.82. The van der Waals surface area contributed by atoms with Crippen LogP contribution < -0.4 is 5.32 Å². The molecule has 1 aromatic heterocycles. The predicted octanol–water partition coefficient (Wildman–Crippen LogP) is 1.63. The number of aryl methyl sites for hydroxylation is 1. The van der Waals surface area contributed by atoms with Crippen molar-refractivity contribution in [3.05, 3.63) is 46.9 Å². The summed E-state index contributed by atoms with van der Waals surface area (Å²) in [4.78, 5) is 22.7. The molecule has 0 radical (unpaired) electrons. The molecule has 110 valence electrons. The molecule has 0 unspecified atom stereocenters. The Morgan fingerprint density at radius 2 is 1.95 bits per heavy atom. The zero-order valence-corrected chi connectivity index (χ0v) is 11.1. The van der Waals surface area contributed by atoms with Gasteiger partial charge in [-0.1, -0.05) is 6.07 Å². The highest BCUT2D eigenvalue weighted by molar-refractivity contribution is 5.97. The van der Waals surface area contributed by atoms with Gasteiger partial charge in [0, 0.05) is 0 Å². The summed E-state index contributed by atoms with van der Waals surface area (Å²) in [6, 6.07) is 5.34. The molecule has 2 aromatic rings. The highest BCUT2D eigenvalue weighted by Gasteiger charge is 2.16. The van der Waals surface area contributed by atoms with Gasteiger partial charge in [0.25, 0.3) is 5.91 Å². The van der Waals surface area contributed by atoms with Crippen molar-refractivity contribution in [2.24, 2.45) is 0 Å². The Morgan fingerprint density at radius 1 is 1.24 bits per heavy atom. The summed E-state index contributed by atoms with van der Waals surface area (Å²) in [5.74, 6) is -2.12. The summed E-state index contributed by atoms with van der Waals surface area (Å²) in [5, 5.41) is 30.3. The van der Waals surface area contributed by atoms with Crippen LogP contribution in [-0.4, -0.2) is 27.2 Å². The Kier molecular flexibility index (Phi) is 3.84. The first-order valence-electron chi connectivity index (χ1n) is 6.02. The van der Waals surface area contributed by atoms with E-state index in [1.165, 1.54) is 31.2 Å². The van der Waals surface area contributed by atoms with Gasteiger partial charge in [-0.15, -0.1) is 0 Å². The maximum Gasteiger partial charge on any atom is 0.339 e. The Hall–Kier alpha value is -2.96. The number of phenolic OH excluding ortho intramolecular Hbond substituents is 2. The number of amides is 1. The lowest BCUT2D eigenvalue weighted by Gasteiger charge is -2.06. The molecule has 7 heteroatoms. The topological polar surface area (TPSA) is 120 Å². The van der Waals surface area contributed by atoms with E-state index in [1.54, 1.807) is 0 Å². The van der Waals surface area contributed by atoms with E-state index in [-0.39, 0.29) is 29.2 Å². The minimum Gasteiger partial charge on any atom is -0.504 e. The fraction of sp³-hybridized carbons (Fsp3) is 0.143. The van der Waals surface area contributed by atoms with Gasteiger partial charge in [-0.2, -0.15) is 0 Å². The third-order valence-electron chi connectivity index (χ3n) is 2.88. The molecule has 0 aliphatic carbocycles. The molecule has 7 nitrogen and oxygen atoms in total. The standard InChI is InChI=1S/C14H13NO6/c1-7-10(14(19)20)5-8(21-7)6-15-13(18)9-3-2-4-11(16)12(9)17/h2-5,16-17H,6H2,1H3,(H,15,18)(H,19,20). The maximum absolute atomic E-state index is 11.9. The van der Waals surface area contributed by atoms with Gasteiger partial charge >= 0.3 is 5.97 Å². The molecule has 0 atom stereocenters. The monoisotopic (exact) mass is 291 g/mol. The number of carboxylic acid groups (broad SMARTS) is 1. The summed E-state index contributed by atoms with van der Waals surface area (Å²) in [5.41, 5.74) is -0.0591. The van der Waals surface area contributed by atoms with Gasteiger partial charge in [0.1, 0.15) is 17.1 Å². The molecular weight excluding hydrogens is 278 g/mol. The Morgan fingerprint density at radius 3 is 2.57 bits per heavy atom. The second kappa shape index (κ2) is 5.58. The maximum atomic E-state index is 11.9. The number of aromatic hydroxyl groups is 2. The van der Waals surface area contributed by atoms with Gasteiger partial charge in [-0.3, -0.25) is 4.79 Å². The van der Waals surface area contributed by atoms with E-state index < -0.39 is 23.4 Å². The van der Waals surface area contributed by atoms with Crippen molar-refractivity contribution in [1.82, 2.24) is 5.32 Å². The van der Waals surface area contributed by atoms with Crippen molar-refractivity contribution in [2.75, 3.05) is 0 Å². The summed E-state index contributed by atoms with van der Waals surface area (Å²) in [7, 11) is 0. The number of carbonyl (C=O) groups excluding carboxylic acids is 1. The van der Waals surface area contributed by atoms with Crippen LogP contribution in [0.3, 0.4) is 0 Å². The minimum atomic E-state index is -1.11. The molecule has 0 bridgehead atoms. The van der Waals surface area contributed by atoms with Crippen molar-refractivity contribution in [3.63, 3.8) is 0 Å². The lowest BCUT2D eigenvalue weighted by Crippen LogP contribution is -2.22. The zero-order valence-electron chi connectivity index (χ0n) is 11.1. The van der Waals surface area contributed by atoms with Gasteiger partial charge in [0.2, 0.25) is 0 Å². The number of nitrogens with one attached hydrogen (secondary N) is 1. The van der Waals surface area contributed by atoms with E-state index in [0.717, 1.165) is 0 Å². The number of carboxylic acids is 1. The third-order valence-corrected chi connectivity index (χ3v) is 2.88. The smallest absolute Gasteiger partial charge is 0.339 e. The van der Waals surface area contributed by atoms with Gasteiger partial charge in [0.05, 0.1) is 12.1 Å². The van der Waals surface area contributed by atoms with Crippen LogP contribution in [0.25, 0.3) is 0 Å². The van der Waals surface area contributed by atoms with E-state index in [0.29, 0.717) is 0 Å². The van der Waals surface area contributed by atoms with E-state index in [9.17, 15) is 19.8 Å². The molecular formula is C14H13NO6. The molecule has 0 saturated heterocycles. The van der Waals surface area contributed by atoms with Gasteiger partial charge in [0.15, 0.2) is 11.5 Å². The first kappa shape index (κ1) is 14.4. The second-order valence-electron chi connectivity index (χ2n) is 4.34. The first-order chi connectivity index (χ1) is 9.90. The average molecular weight is 291 g/mol. The SMILES string of the molecule is Cc1oc(CNC(=O)c2cccc(O)c2O)cc1C(=O)O. The zero-order chi connectivity index (χ0) is 15.6. The highest BCUT2D eigenvalue weighted by Crippen LogP contribution is 2.28. The Balaban J connectivity index is 2.09. The molecule has 21 heavy (non-hydrogen) atoms. The van der Waals surface area contributed by atoms with Crippen molar-refractivity contribution in [3.8, 4) is 11.5 Å². The number of carbonyl (C=O) groups is 2. The van der Waals surface area contributed by atoms with Crippen LogP contribution in [0.2, 0.25) is 0 Å². The summed E-state index contributed by atoms with van der Waals surface area (Å²) in [6.07, 6.45) is 0. The lowest BCUT2D eigenvalue weighted by molar-refractivity contribution is 0.0694. The van der Waals surface area contributed by atoms with Gasteiger partial charge in [-0.25, -0.2) is 4.79 Å². The molecule has 0 fully saturated rings. The van der Waals surface area contributed by atoms with Gasteiger partial charge < -0.3 is 25.1 Å². The Labute approximate surface area is 119 Å². The lowest BCUT2D eigenvalue weighted by atomic mass is 10.1. The number of para-hydroxylation sites is 1. The number of furan rings is 1. The van der Waals surface area contributed by atoms with Crippen molar-refractivity contribution in [2.45, 2.75) is 13.5 Å². The molecule has 1 amide bonds. The van der Waals surface area contributed by atoms with E-state index in [2.05, 4.69) is 5.32 Å². The number of hydrogen-bond acceptors (Lipinski definition) is 5. The number of benzene rings is 1. The number of aromatic carboxylic acids is 1. The van der Waals surface area contributed by atoms with Crippen LogP contribution >= 0.6 is 0 Å². The molecule has 4 N–H and O–H groups in total. The normalized spacial score (nSPS) is 10.3. The molecule has 0 spiro atoms. The molecule has 0 aliphatic rings. The molecule has 0 aliphatic heterocycles. The Bertz CT molecular complexity index is 703. The summed E-state index contributed by atoms with van der Waals surface area (Å²) in [6.45, 7) is 1.47. The van der Waals surface area contributed by atoms with Crippen LogP contribution in [0.4, 0.5) is 0 Å². The number of phenols is 2.